The molecule has 6 nitrogen and oxygen atoms in total. The van der Waals surface area contributed by atoms with E-state index < -0.39 is 36.9 Å². The number of allylic oxidation sites excluding steroid dienone is 4. The monoisotopic (exact) mass is 1100 g/mol. The predicted molar refractivity (Wildman–Crippen MR) is 344 cm³/mol. The van der Waals surface area contributed by atoms with Crippen molar-refractivity contribution in [3.05, 3.63) is 24.3 Å². The largest absolute Gasteiger partial charge is 0.394 e. The molecule has 0 aliphatic heterocycles. The van der Waals surface area contributed by atoms with Gasteiger partial charge < -0.3 is 25.7 Å². The molecular formula is C72H141NO5. The maximum absolute atomic E-state index is 12.7. The van der Waals surface area contributed by atoms with Gasteiger partial charge in [0.2, 0.25) is 5.91 Å². The van der Waals surface area contributed by atoms with Gasteiger partial charge in [0.25, 0.3) is 0 Å². The van der Waals surface area contributed by atoms with Gasteiger partial charge in [0.15, 0.2) is 0 Å². The summed E-state index contributed by atoms with van der Waals surface area (Å²) in [4.78, 5) is 12.7. The topological polar surface area (TPSA) is 110 Å². The molecule has 4 unspecified atom stereocenters. The summed E-state index contributed by atoms with van der Waals surface area (Å²) < 4.78 is 0. The summed E-state index contributed by atoms with van der Waals surface area (Å²) in [6.07, 6.45) is 84.7. The number of hydrogen-bond acceptors (Lipinski definition) is 5. The molecular weight excluding hydrogens is 959 g/mol. The van der Waals surface area contributed by atoms with E-state index in [0.717, 1.165) is 38.5 Å². The second-order valence-corrected chi connectivity index (χ2v) is 24.9. The third-order valence-electron chi connectivity index (χ3n) is 17.1. The van der Waals surface area contributed by atoms with Crippen LogP contribution in [0.3, 0.4) is 0 Å². The number of nitrogens with one attached hydrogen (secondary N) is 1. The van der Waals surface area contributed by atoms with E-state index in [4.69, 9.17) is 0 Å². The minimum atomic E-state index is -1.29. The molecule has 0 bridgehead atoms. The zero-order valence-corrected chi connectivity index (χ0v) is 52.9. The van der Waals surface area contributed by atoms with Crippen molar-refractivity contribution in [3.8, 4) is 0 Å². The van der Waals surface area contributed by atoms with Gasteiger partial charge in [-0.3, -0.25) is 4.79 Å². The molecule has 78 heavy (non-hydrogen) atoms. The Morgan fingerprint density at radius 1 is 0.308 bits per heavy atom. The second kappa shape index (κ2) is 66.6. The van der Waals surface area contributed by atoms with Crippen LogP contribution in [0.1, 0.15) is 399 Å². The lowest BCUT2D eigenvalue weighted by Gasteiger charge is -2.27. The van der Waals surface area contributed by atoms with Crippen molar-refractivity contribution in [2.75, 3.05) is 6.61 Å². The Labute approximate surface area is 488 Å². The molecule has 0 aliphatic carbocycles. The second-order valence-electron chi connectivity index (χ2n) is 24.9. The molecule has 464 valence electrons. The molecule has 0 fully saturated rings. The van der Waals surface area contributed by atoms with Gasteiger partial charge in [-0.2, -0.15) is 0 Å². The molecule has 4 atom stereocenters. The Morgan fingerprint density at radius 3 is 0.808 bits per heavy atom. The number of aliphatic hydroxyl groups is 4. The van der Waals surface area contributed by atoms with Gasteiger partial charge in [-0.05, 0) is 51.4 Å². The highest BCUT2D eigenvalue weighted by molar-refractivity contribution is 5.80. The maximum atomic E-state index is 12.7. The van der Waals surface area contributed by atoms with Gasteiger partial charge in [-0.1, -0.05) is 372 Å². The van der Waals surface area contributed by atoms with E-state index in [2.05, 4.69) is 43.5 Å². The Kier molecular flexibility index (Phi) is 65.6. The van der Waals surface area contributed by atoms with E-state index in [1.54, 1.807) is 0 Å². The fraction of sp³-hybridized carbons (Fsp3) is 0.931. The SMILES string of the molecule is CCCCCCCCCCCCCCCCC/C=C/CC/C=C/CCCC(O)C(O)C(CO)NC(=O)C(O)CCCCCCCCCCCCCCCCCCCCCCCCCCCCCCCCCCCCCCCC. The Morgan fingerprint density at radius 2 is 0.538 bits per heavy atom. The minimum absolute atomic E-state index is 0.365. The average molecular weight is 1100 g/mol. The van der Waals surface area contributed by atoms with Gasteiger partial charge in [0.05, 0.1) is 18.8 Å². The van der Waals surface area contributed by atoms with Crippen LogP contribution in [-0.4, -0.2) is 57.3 Å². The summed E-state index contributed by atoms with van der Waals surface area (Å²) in [5, 5.41) is 44.2. The van der Waals surface area contributed by atoms with Crippen LogP contribution >= 0.6 is 0 Å². The lowest BCUT2D eigenvalue weighted by atomic mass is 10.00. The molecule has 0 spiro atoms. The first-order chi connectivity index (χ1) is 38.5. The van der Waals surface area contributed by atoms with E-state index in [1.165, 1.54) is 327 Å². The van der Waals surface area contributed by atoms with E-state index in [9.17, 15) is 25.2 Å². The molecule has 0 aliphatic rings. The third-order valence-corrected chi connectivity index (χ3v) is 17.1. The van der Waals surface area contributed by atoms with Crippen LogP contribution in [0.15, 0.2) is 24.3 Å². The highest BCUT2D eigenvalue weighted by Crippen LogP contribution is 2.20. The fourth-order valence-electron chi connectivity index (χ4n) is 11.6. The Balaban J connectivity index is 3.52. The van der Waals surface area contributed by atoms with E-state index in [1.807, 2.05) is 0 Å². The first-order valence-electron chi connectivity index (χ1n) is 35.7. The molecule has 0 aromatic carbocycles. The highest BCUT2D eigenvalue weighted by atomic mass is 16.3. The van der Waals surface area contributed by atoms with Crippen LogP contribution in [0.5, 0.6) is 0 Å². The standard InChI is InChI=1S/C72H141NO5/c1-3-5-7-9-11-13-15-17-19-21-23-25-27-29-30-31-32-33-34-35-36-37-38-39-40-41-42-44-46-48-50-52-54-56-58-60-62-64-66-70(76)72(78)73-68(67-74)71(77)69(75)65-63-61-59-57-55-53-51-49-47-45-43-28-26-24-22-20-18-16-14-12-10-8-6-4-2/h49,51,57,59,68-71,74-77H,3-48,50,52-56,58,60-67H2,1-2H3,(H,73,78)/b51-49+,59-57+. The normalized spacial score (nSPS) is 13.6. The first kappa shape index (κ1) is 76.8. The van der Waals surface area contributed by atoms with Crippen molar-refractivity contribution in [1.82, 2.24) is 5.32 Å². The third kappa shape index (κ3) is 59.4. The van der Waals surface area contributed by atoms with Crippen LogP contribution in [0.2, 0.25) is 0 Å². The first-order valence-corrected chi connectivity index (χ1v) is 35.7. The Bertz CT molecular complexity index is 1190. The highest BCUT2D eigenvalue weighted by Gasteiger charge is 2.28. The predicted octanol–water partition coefficient (Wildman–Crippen LogP) is 22.1. The molecule has 0 saturated heterocycles. The molecule has 5 N–H and O–H groups in total. The van der Waals surface area contributed by atoms with Gasteiger partial charge >= 0.3 is 0 Å². The van der Waals surface area contributed by atoms with Crippen LogP contribution in [-0.2, 0) is 4.79 Å². The van der Waals surface area contributed by atoms with Crippen molar-refractivity contribution in [3.63, 3.8) is 0 Å². The van der Waals surface area contributed by atoms with Crippen LogP contribution in [0, 0.1) is 0 Å². The summed E-state index contributed by atoms with van der Waals surface area (Å²) >= 11 is 0. The maximum Gasteiger partial charge on any atom is 0.249 e. The van der Waals surface area contributed by atoms with Crippen molar-refractivity contribution in [1.29, 1.82) is 0 Å². The molecule has 0 radical (unpaired) electrons. The summed E-state index contributed by atoms with van der Waals surface area (Å²) in [7, 11) is 0. The lowest BCUT2D eigenvalue weighted by molar-refractivity contribution is -0.132. The average Bonchev–Trinajstić information content (AvgIpc) is 3.45. The fourth-order valence-corrected chi connectivity index (χ4v) is 11.6. The number of amides is 1. The molecule has 1 amide bonds. The van der Waals surface area contributed by atoms with Gasteiger partial charge in [0, 0.05) is 0 Å². The van der Waals surface area contributed by atoms with Crippen molar-refractivity contribution >= 4 is 5.91 Å². The molecule has 0 rings (SSSR count). The van der Waals surface area contributed by atoms with Crippen LogP contribution in [0.4, 0.5) is 0 Å². The van der Waals surface area contributed by atoms with Crippen molar-refractivity contribution < 1.29 is 25.2 Å². The van der Waals surface area contributed by atoms with Gasteiger partial charge in [-0.15, -0.1) is 0 Å². The van der Waals surface area contributed by atoms with Crippen molar-refractivity contribution in [2.24, 2.45) is 0 Å². The summed E-state index contributed by atoms with van der Waals surface area (Å²) in [6.45, 7) is 4.10. The summed E-state index contributed by atoms with van der Waals surface area (Å²) in [5.74, 6) is -0.589. The zero-order valence-electron chi connectivity index (χ0n) is 52.9. The quantitative estimate of drug-likeness (QED) is 0.0308. The van der Waals surface area contributed by atoms with Gasteiger partial charge in [0.1, 0.15) is 12.2 Å². The number of rotatable bonds is 67. The van der Waals surface area contributed by atoms with Crippen molar-refractivity contribution in [2.45, 2.75) is 423 Å². The number of hydrogen-bond donors (Lipinski definition) is 5. The molecule has 6 heteroatoms. The Hall–Kier alpha value is -1.21. The number of carbonyl (C=O) groups is 1. The van der Waals surface area contributed by atoms with Crippen LogP contribution in [0.25, 0.3) is 0 Å². The van der Waals surface area contributed by atoms with Gasteiger partial charge in [-0.25, -0.2) is 0 Å². The van der Waals surface area contributed by atoms with E-state index >= 15 is 0 Å². The number of carbonyl (C=O) groups excluding carboxylic acids is 1. The van der Waals surface area contributed by atoms with E-state index in [0.29, 0.717) is 19.3 Å². The molecule has 0 heterocycles. The number of aliphatic hydroxyl groups excluding tert-OH is 4. The molecule has 0 aromatic heterocycles. The molecule has 0 saturated carbocycles. The van der Waals surface area contributed by atoms with Crippen LogP contribution < -0.4 is 5.32 Å². The molecule has 0 aromatic rings. The van der Waals surface area contributed by atoms with E-state index in [-0.39, 0.29) is 0 Å². The summed E-state index contributed by atoms with van der Waals surface area (Å²) in [5.41, 5.74) is 0. The zero-order chi connectivity index (χ0) is 56.6. The summed E-state index contributed by atoms with van der Waals surface area (Å²) in [6, 6.07) is -1.01. The lowest BCUT2D eigenvalue weighted by Crippen LogP contribution is -2.53. The minimum Gasteiger partial charge on any atom is -0.394 e. The smallest absolute Gasteiger partial charge is 0.249 e. The number of unbranched alkanes of at least 4 members (excludes halogenated alkanes) is 54.